The predicted octanol–water partition coefficient (Wildman–Crippen LogP) is 4.11. The highest BCUT2D eigenvalue weighted by Crippen LogP contribution is 2.24. The van der Waals surface area contributed by atoms with Crippen LogP contribution in [0.4, 0.5) is 4.39 Å². The Morgan fingerprint density at radius 2 is 1.88 bits per heavy atom. The van der Waals surface area contributed by atoms with Crippen molar-refractivity contribution in [1.29, 1.82) is 0 Å². The summed E-state index contributed by atoms with van der Waals surface area (Å²) in [6, 6.07) is 6.76. The monoisotopic (exact) mass is 329 g/mol. The van der Waals surface area contributed by atoms with Crippen LogP contribution in [0.5, 0.6) is 0 Å². The molecule has 0 unspecified atom stereocenters. The van der Waals surface area contributed by atoms with E-state index in [9.17, 15) is 9.18 Å². The van der Waals surface area contributed by atoms with Gasteiger partial charge in [0.15, 0.2) is 0 Å². The summed E-state index contributed by atoms with van der Waals surface area (Å²) in [4.78, 5) is 14.7. The molecule has 0 saturated heterocycles. The summed E-state index contributed by atoms with van der Waals surface area (Å²) in [6.07, 6.45) is 8.53. The van der Waals surface area contributed by atoms with Crippen LogP contribution >= 0.6 is 0 Å². The fraction of sp³-hybridized carbons (Fsp3) is 0.474. The Labute approximate surface area is 142 Å². The summed E-state index contributed by atoms with van der Waals surface area (Å²) in [7, 11) is 1.87. The zero-order chi connectivity index (χ0) is 17.1. The first-order chi connectivity index (χ1) is 11.6. The first-order valence-corrected chi connectivity index (χ1v) is 8.66. The zero-order valence-electron chi connectivity index (χ0n) is 14.3. The molecule has 3 rings (SSSR count). The Kier molecular flexibility index (Phi) is 4.97. The zero-order valence-corrected chi connectivity index (χ0v) is 14.3. The normalized spacial score (nSPS) is 16.0. The first kappa shape index (κ1) is 16.7. The van der Waals surface area contributed by atoms with Gasteiger partial charge in [0.2, 0.25) is 0 Å². The molecule has 1 aromatic carbocycles. The van der Waals surface area contributed by atoms with Gasteiger partial charge in [-0.05, 0) is 31.9 Å². The minimum Gasteiger partial charge on any atom is -0.339 e. The Hall–Kier alpha value is -2.17. The lowest BCUT2D eigenvalue weighted by molar-refractivity contribution is 0.0717. The van der Waals surface area contributed by atoms with Crippen molar-refractivity contribution in [3.63, 3.8) is 0 Å². The first-order valence-electron chi connectivity index (χ1n) is 8.66. The number of carbonyl (C=O) groups is 1. The smallest absolute Gasteiger partial charge is 0.257 e. The fourth-order valence-electron chi connectivity index (χ4n) is 3.49. The van der Waals surface area contributed by atoms with Gasteiger partial charge in [-0.1, -0.05) is 37.8 Å². The summed E-state index contributed by atoms with van der Waals surface area (Å²) in [5.41, 5.74) is 1.58. The molecule has 2 aromatic rings. The predicted molar refractivity (Wildman–Crippen MR) is 91.8 cm³/mol. The van der Waals surface area contributed by atoms with Crippen molar-refractivity contribution in [2.45, 2.75) is 51.5 Å². The van der Waals surface area contributed by atoms with E-state index in [0.29, 0.717) is 16.9 Å². The van der Waals surface area contributed by atoms with Gasteiger partial charge in [-0.3, -0.25) is 4.79 Å². The molecular formula is C19H24FN3O. The summed E-state index contributed by atoms with van der Waals surface area (Å²) in [5.74, 6) is -0.373. The van der Waals surface area contributed by atoms with Crippen molar-refractivity contribution in [2.24, 2.45) is 0 Å². The molecule has 1 aromatic heterocycles. The lowest BCUT2D eigenvalue weighted by Gasteiger charge is -2.27. The quantitative estimate of drug-likeness (QED) is 0.795. The number of nitrogens with zero attached hydrogens (tertiary/aromatic N) is 3. The van der Waals surface area contributed by atoms with Gasteiger partial charge in [0.1, 0.15) is 11.5 Å². The lowest BCUT2D eigenvalue weighted by atomic mass is 10.1. The van der Waals surface area contributed by atoms with Crippen LogP contribution in [0.15, 0.2) is 30.5 Å². The standard InChI is InChI=1S/C19H24FN3O/c1-14-16(13-21-23(14)18-12-8-7-11-17(18)20)19(24)22(2)15-9-5-3-4-6-10-15/h7-8,11-13,15H,3-6,9-10H2,1-2H3. The van der Waals surface area contributed by atoms with Crippen LogP contribution in [0.25, 0.3) is 5.69 Å². The maximum atomic E-state index is 14.0. The van der Waals surface area contributed by atoms with E-state index in [2.05, 4.69) is 5.10 Å². The van der Waals surface area contributed by atoms with Crippen molar-refractivity contribution < 1.29 is 9.18 Å². The van der Waals surface area contributed by atoms with E-state index >= 15 is 0 Å². The largest absolute Gasteiger partial charge is 0.339 e. The Morgan fingerprint density at radius 1 is 1.21 bits per heavy atom. The van der Waals surface area contributed by atoms with Crippen molar-refractivity contribution >= 4 is 5.91 Å². The molecule has 4 nitrogen and oxygen atoms in total. The average molecular weight is 329 g/mol. The highest BCUT2D eigenvalue weighted by atomic mass is 19.1. The molecule has 1 heterocycles. The van der Waals surface area contributed by atoms with Gasteiger partial charge >= 0.3 is 0 Å². The van der Waals surface area contributed by atoms with Crippen LogP contribution in [0.1, 0.15) is 54.6 Å². The number of halogens is 1. The second-order valence-corrected chi connectivity index (χ2v) is 6.57. The molecular weight excluding hydrogens is 305 g/mol. The van der Waals surface area contributed by atoms with E-state index in [-0.39, 0.29) is 17.8 Å². The number of aromatic nitrogens is 2. The molecule has 1 saturated carbocycles. The van der Waals surface area contributed by atoms with Gasteiger partial charge in [-0.2, -0.15) is 5.10 Å². The van der Waals surface area contributed by atoms with Gasteiger partial charge in [0.25, 0.3) is 5.91 Å². The number of benzene rings is 1. The van der Waals surface area contributed by atoms with Crippen molar-refractivity contribution in [1.82, 2.24) is 14.7 Å². The van der Waals surface area contributed by atoms with Crippen molar-refractivity contribution in [2.75, 3.05) is 7.05 Å². The molecule has 24 heavy (non-hydrogen) atoms. The van der Waals surface area contributed by atoms with Crippen LogP contribution in [0.3, 0.4) is 0 Å². The van der Waals surface area contributed by atoms with Crippen LogP contribution in [-0.2, 0) is 0 Å². The summed E-state index contributed by atoms with van der Waals surface area (Å²) in [5, 5.41) is 4.24. The third kappa shape index (κ3) is 3.21. The van der Waals surface area contributed by atoms with E-state index in [1.165, 1.54) is 36.4 Å². The van der Waals surface area contributed by atoms with E-state index in [4.69, 9.17) is 0 Å². The molecule has 1 fully saturated rings. The topological polar surface area (TPSA) is 38.1 Å². The molecule has 0 atom stereocenters. The summed E-state index contributed by atoms with van der Waals surface area (Å²) >= 11 is 0. The third-order valence-corrected chi connectivity index (χ3v) is 5.01. The molecule has 0 spiro atoms. The van der Waals surface area contributed by atoms with Gasteiger partial charge in [0.05, 0.1) is 17.5 Å². The van der Waals surface area contributed by atoms with E-state index in [1.54, 1.807) is 24.4 Å². The molecule has 1 aliphatic carbocycles. The van der Waals surface area contributed by atoms with Crippen molar-refractivity contribution in [3.8, 4) is 5.69 Å². The van der Waals surface area contributed by atoms with E-state index in [0.717, 1.165) is 12.8 Å². The van der Waals surface area contributed by atoms with Crippen LogP contribution < -0.4 is 0 Å². The maximum absolute atomic E-state index is 14.0. The van der Waals surface area contributed by atoms with E-state index < -0.39 is 0 Å². The maximum Gasteiger partial charge on any atom is 0.257 e. The van der Waals surface area contributed by atoms with Crippen LogP contribution in [0, 0.1) is 12.7 Å². The van der Waals surface area contributed by atoms with E-state index in [1.807, 2.05) is 18.9 Å². The summed E-state index contributed by atoms with van der Waals surface area (Å²) in [6.45, 7) is 1.81. The number of para-hydroxylation sites is 1. The second-order valence-electron chi connectivity index (χ2n) is 6.57. The molecule has 128 valence electrons. The summed E-state index contributed by atoms with van der Waals surface area (Å²) < 4.78 is 15.5. The van der Waals surface area contributed by atoms with Gasteiger partial charge in [-0.25, -0.2) is 9.07 Å². The van der Waals surface area contributed by atoms with Crippen LogP contribution in [-0.4, -0.2) is 33.7 Å². The Morgan fingerprint density at radius 3 is 2.54 bits per heavy atom. The molecule has 1 aliphatic rings. The molecule has 0 radical (unpaired) electrons. The molecule has 1 amide bonds. The fourth-order valence-corrected chi connectivity index (χ4v) is 3.49. The minimum atomic E-state index is -0.347. The Bertz CT molecular complexity index is 717. The SMILES string of the molecule is Cc1c(C(=O)N(C)C2CCCCCC2)cnn1-c1ccccc1F. The molecule has 5 heteroatoms. The number of hydrogen-bond acceptors (Lipinski definition) is 2. The number of hydrogen-bond donors (Lipinski definition) is 0. The molecule has 0 bridgehead atoms. The third-order valence-electron chi connectivity index (χ3n) is 5.01. The van der Waals surface area contributed by atoms with Gasteiger partial charge < -0.3 is 4.90 Å². The minimum absolute atomic E-state index is 0.0259. The number of carbonyl (C=O) groups excluding carboxylic acids is 1. The lowest BCUT2D eigenvalue weighted by Crippen LogP contribution is -2.37. The highest BCUT2D eigenvalue weighted by Gasteiger charge is 2.25. The second kappa shape index (κ2) is 7.16. The average Bonchev–Trinajstić information content (AvgIpc) is 2.79. The highest BCUT2D eigenvalue weighted by molar-refractivity contribution is 5.95. The van der Waals surface area contributed by atoms with Gasteiger partial charge in [-0.15, -0.1) is 0 Å². The molecule has 0 aliphatic heterocycles. The number of amides is 1. The van der Waals surface area contributed by atoms with Crippen molar-refractivity contribution in [3.05, 3.63) is 47.5 Å². The number of rotatable bonds is 3. The van der Waals surface area contributed by atoms with Gasteiger partial charge in [0, 0.05) is 13.1 Å². The molecule has 0 N–H and O–H groups in total. The van der Waals surface area contributed by atoms with Crippen LogP contribution in [0.2, 0.25) is 0 Å². The Balaban J connectivity index is 1.85.